The smallest absolute Gasteiger partial charge is 0.249 e. The SMILES string of the molecule is Nc1ccc2c(NC3CCN(c4ccc(Cl)c(Cl)c4)C3=O)ncnc2n1. The maximum Gasteiger partial charge on any atom is 0.249 e. The van der Waals surface area contributed by atoms with Crippen molar-refractivity contribution >= 4 is 57.5 Å². The van der Waals surface area contributed by atoms with Crippen LogP contribution in [-0.4, -0.2) is 33.4 Å². The molecule has 1 fully saturated rings. The molecule has 1 atom stereocenters. The highest BCUT2D eigenvalue weighted by Crippen LogP contribution is 2.30. The molecule has 1 aliphatic rings. The number of amides is 1. The molecule has 7 nitrogen and oxygen atoms in total. The summed E-state index contributed by atoms with van der Waals surface area (Å²) in [4.78, 5) is 27.0. The summed E-state index contributed by atoms with van der Waals surface area (Å²) in [5.41, 5.74) is 6.89. The van der Waals surface area contributed by atoms with Crippen LogP contribution in [0.15, 0.2) is 36.7 Å². The van der Waals surface area contributed by atoms with E-state index in [9.17, 15) is 4.79 Å². The van der Waals surface area contributed by atoms with Crippen molar-refractivity contribution in [2.75, 3.05) is 22.5 Å². The molecule has 26 heavy (non-hydrogen) atoms. The number of benzene rings is 1. The van der Waals surface area contributed by atoms with Gasteiger partial charge in [0.1, 0.15) is 24.0 Å². The van der Waals surface area contributed by atoms with Crippen LogP contribution < -0.4 is 16.0 Å². The molecule has 1 aromatic carbocycles. The summed E-state index contributed by atoms with van der Waals surface area (Å²) in [5.74, 6) is 0.875. The number of anilines is 3. The van der Waals surface area contributed by atoms with Gasteiger partial charge in [-0.3, -0.25) is 4.79 Å². The van der Waals surface area contributed by atoms with E-state index in [0.717, 1.165) is 5.69 Å². The number of rotatable bonds is 3. The molecule has 0 saturated carbocycles. The Balaban J connectivity index is 1.59. The van der Waals surface area contributed by atoms with Crippen LogP contribution in [0.3, 0.4) is 0 Å². The summed E-state index contributed by atoms with van der Waals surface area (Å²) in [6.45, 7) is 0.572. The number of halogens is 2. The molecule has 3 heterocycles. The average Bonchev–Trinajstić information content (AvgIpc) is 2.98. The predicted molar refractivity (Wildman–Crippen MR) is 103 cm³/mol. The Morgan fingerprint density at radius 3 is 2.81 bits per heavy atom. The highest BCUT2D eigenvalue weighted by atomic mass is 35.5. The fraction of sp³-hybridized carbons (Fsp3) is 0.176. The third-order valence-electron chi connectivity index (χ3n) is 4.25. The first-order valence-electron chi connectivity index (χ1n) is 7.93. The van der Waals surface area contributed by atoms with Crippen molar-refractivity contribution in [2.24, 2.45) is 0 Å². The first kappa shape index (κ1) is 16.8. The molecule has 0 bridgehead atoms. The lowest BCUT2D eigenvalue weighted by molar-refractivity contribution is -0.117. The number of hydrogen-bond donors (Lipinski definition) is 2. The Labute approximate surface area is 159 Å². The normalized spacial score (nSPS) is 17.1. The topological polar surface area (TPSA) is 97.0 Å². The maximum absolute atomic E-state index is 12.8. The molecule has 1 unspecified atom stereocenters. The quantitative estimate of drug-likeness (QED) is 0.715. The molecule has 1 aliphatic heterocycles. The number of pyridine rings is 1. The van der Waals surface area contributed by atoms with E-state index in [1.54, 1.807) is 35.2 Å². The summed E-state index contributed by atoms with van der Waals surface area (Å²) >= 11 is 12.0. The van der Waals surface area contributed by atoms with E-state index in [4.69, 9.17) is 28.9 Å². The van der Waals surface area contributed by atoms with Crippen LogP contribution in [0.2, 0.25) is 10.0 Å². The van der Waals surface area contributed by atoms with Gasteiger partial charge >= 0.3 is 0 Å². The lowest BCUT2D eigenvalue weighted by Gasteiger charge is -2.18. The van der Waals surface area contributed by atoms with Gasteiger partial charge in [0.15, 0.2) is 5.65 Å². The van der Waals surface area contributed by atoms with Crippen molar-refractivity contribution in [3.8, 4) is 0 Å². The second kappa shape index (κ2) is 6.59. The number of carbonyl (C=O) groups excluding carboxylic acids is 1. The highest BCUT2D eigenvalue weighted by Gasteiger charge is 2.33. The van der Waals surface area contributed by atoms with E-state index < -0.39 is 6.04 Å². The zero-order valence-corrected chi connectivity index (χ0v) is 15.0. The summed E-state index contributed by atoms with van der Waals surface area (Å²) in [7, 11) is 0. The van der Waals surface area contributed by atoms with Gasteiger partial charge in [0.25, 0.3) is 0 Å². The first-order chi connectivity index (χ1) is 12.5. The molecule has 1 amide bonds. The molecule has 0 aliphatic carbocycles. The number of carbonyl (C=O) groups is 1. The van der Waals surface area contributed by atoms with Crippen molar-refractivity contribution in [2.45, 2.75) is 12.5 Å². The Hall–Kier alpha value is -2.64. The standard InChI is InChI=1S/C17H14Cl2N6O/c18-11-3-1-9(7-12(11)19)25-6-5-13(17(25)26)23-15-10-2-4-14(20)24-16(10)22-8-21-15/h1-4,7-8,13H,5-6H2,(H3,20,21,22,23,24). The van der Waals surface area contributed by atoms with Gasteiger partial charge < -0.3 is 16.0 Å². The van der Waals surface area contributed by atoms with Crippen molar-refractivity contribution in [3.05, 3.63) is 46.7 Å². The molecular weight excluding hydrogens is 375 g/mol. The predicted octanol–water partition coefficient (Wildman–Crippen LogP) is 3.13. The van der Waals surface area contributed by atoms with Crippen LogP contribution >= 0.6 is 23.2 Å². The Morgan fingerprint density at radius 2 is 2.00 bits per heavy atom. The molecule has 3 N–H and O–H groups in total. The van der Waals surface area contributed by atoms with Crippen LogP contribution in [0.4, 0.5) is 17.3 Å². The minimum atomic E-state index is -0.403. The van der Waals surface area contributed by atoms with E-state index in [1.165, 1.54) is 6.33 Å². The Morgan fingerprint density at radius 1 is 1.15 bits per heavy atom. The summed E-state index contributed by atoms with van der Waals surface area (Å²) in [6.07, 6.45) is 2.03. The van der Waals surface area contributed by atoms with E-state index in [2.05, 4.69) is 20.3 Å². The minimum Gasteiger partial charge on any atom is -0.384 e. The van der Waals surface area contributed by atoms with Crippen LogP contribution in [-0.2, 0) is 4.79 Å². The third-order valence-corrected chi connectivity index (χ3v) is 4.99. The fourth-order valence-electron chi connectivity index (χ4n) is 2.96. The average molecular weight is 389 g/mol. The van der Waals surface area contributed by atoms with Gasteiger partial charge in [0.05, 0.1) is 15.4 Å². The number of nitrogens with one attached hydrogen (secondary N) is 1. The van der Waals surface area contributed by atoms with Gasteiger partial charge in [-0.05, 0) is 36.8 Å². The van der Waals surface area contributed by atoms with E-state index >= 15 is 0 Å². The zero-order valence-electron chi connectivity index (χ0n) is 13.5. The zero-order chi connectivity index (χ0) is 18.3. The third kappa shape index (κ3) is 3.00. The Kier molecular flexibility index (Phi) is 4.26. The van der Waals surface area contributed by atoms with Gasteiger partial charge in [0, 0.05) is 12.2 Å². The highest BCUT2D eigenvalue weighted by molar-refractivity contribution is 6.42. The van der Waals surface area contributed by atoms with Crippen molar-refractivity contribution in [1.29, 1.82) is 0 Å². The lowest BCUT2D eigenvalue weighted by Crippen LogP contribution is -2.33. The molecule has 3 aromatic rings. The molecule has 2 aromatic heterocycles. The minimum absolute atomic E-state index is 0.0569. The van der Waals surface area contributed by atoms with Gasteiger partial charge in [0.2, 0.25) is 5.91 Å². The lowest BCUT2D eigenvalue weighted by atomic mass is 10.2. The van der Waals surface area contributed by atoms with Crippen molar-refractivity contribution in [3.63, 3.8) is 0 Å². The number of nitrogens with two attached hydrogens (primary N) is 1. The maximum atomic E-state index is 12.8. The van der Waals surface area contributed by atoms with E-state index in [-0.39, 0.29) is 5.91 Å². The monoisotopic (exact) mass is 388 g/mol. The summed E-state index contributed by atoms with van der Waals surface area (Å²) in [6, 6.07) is 8.21. The molecule has 0 spiro atoms. The van der Waals surface area contributed by atoms with Gasteiger partial charge in [-0.1, -0.05) is 23.2 Å². The largest absolute Gasteiger partial charge is 0.384 e. The van der Waals surface area contributed by atoms with Gasteiger partial charge in [-0.15, -0.1) is 0 Å². The van der Waals surface area contributed by atoms with Gasteiger partial charge in [-0.25, -0.2) is 15.0 Å². The summed E-state index contributed by atoms with van der Waals surface area (Å²) < 4.78 is 0. The molecule has 132 valence electrons. The number of hydrogen-bond acceptors (Lipinski definition) is 6. The molecule has 1 saturated heterocycles. The molecule has 9 heteroatoms. The number of fused-ring (bicyclic) bond motifs is 1. The van der Waals surface area contributed by atoms with Crippen molar-refractivity contribution < 1.29 is 4.79 Å². The van der Waals surface area contributed by atoms with E-state index in [0.29, 0.717) is 45.7 Å². The van der Waals surface area contributed by atoms with Gasteiger partial charge in [-0.2, -0.15) is 0 Å². The second-order valence-corrected chi connectivity index (χ2v) is 6.72. The van der Waals surface area contributed by atoms with Crippen LogP contribution in [0.1, 0.15) is 6.42 Å². The first-order valence-corrected chi connectivity index (χ1v) is 8.69. The number of nitrogens with zero attached hydrogens (tertiary/aromatic N) is 4. The molecule has 0 radical (unpaired) electrons. The second-order valence-electron chi connectivity index (χ2n) is 5.90. The van der Waals surface area contributed by atoms with Crippen molar-refractivity contribution in [1.82, 2.24) is 15.0 Å². The number of aromatic nitrogens is 3. The fourth-order valence-corrected chi connectivity index (χ4v) is 3.25. The summed E-state index contributed by atoms with van der Waals surface area (Å²) in [5, 5.41) is 4.78. The van der Waals surface area contributed by atoms with Crippen LogP contribution in [0.5, 0.6) is 0 Å². The van der Waals surface area contributed by atoms with Crippen LogP contribution in [0.25, 0.3) is 11.0 Å². The molecule has 4 rings (SSSR count). The Bertz CT molecular complexity index is 1010. The molecular formula is C17H14Cl2N6O. The van der Waals surface area contributed by atoms with Crippen LogP contribution in [0, 0.1) is 0 Å². The number of nitrogen functional groups attached to an aromatic ring is 1. The van der Waals surface area contributed by atoms with E-state index in [1.807, 2.05) is 0 Å².